The van der Waals surface area contributed by atoms with Crippen LogP contribution in [0, 0.1) is 17.2 Å². The molecule has 0 radical (unpaired) electrons. The fraction of sp³-hybridized carbons (Fsp3) is 0.480. The van der Waals surface area contributed by atoms with E-state index < -0.39 is 0 Å². The third-order valence-corrected chi connectivity index (χ3v) is 6.50. The first-order valence-electron chi connectivity index (χ1n) is 10.8. The summed E-state index contributed by atoms with van der Waals surface area (Å²) in [7, 11) is 0. The van der Waals surface area contributed by atoms with Gasteiger partial charge in [0.05, 0.1) is 11.6 Å². The van der Waals surface area contributed by atoms with Crippen molar-refractivity contribution in [2.24, 2.45) is 5.92 Å². The van der Waals surface area contributed by atoms with Crippen molar-refractivity contribution >= 4 is 0 Å². The fourth-order valence-corrected chi connectivity index (χ4v) is 5.08. The molecule has 0 bridgehead atoms. The molecule has 0 amide bonds. The molecule has 2 aliphatic rings. The summed E-state index contributed by atoms with van der Waals surface area (Å²) in [4.78, 5) is 5.28. The standard InChI is InChI=1S/C25H31N3/c26-19-21-8-7-9-22(18-21)20-27-14-16-28(17-15-27)25(23-10-3-1-4-11-23)24-12-5-2-6-13-24/h1,3-4,7-11,18,24-25H,2,5-6,12-17,20H2. The maximum absolute atomic E-state index is 9.13. The van der Waals surface area contributed by atoms with Gasteiger partial charge in [-0.3, -0.25) is 9.80 Å². The van der Waals surface area contributed by atoms with E-state index in [-0.39, 0.29) is 0 Å². The Morgan fingerprint density at radius 3 is 2.36 bits per heavy atom. The van der Waals surface area contributed by atoms with Crippen LogP contribution in [0.1, 0.15) is 54.8 Å². The van der Waals surface area contributed by atoms with E-state index in [0.29, 0.717) is 6.04 Å². The maximum atomic E-state index is 9.13. The molecule has 28 heavy (non-hydrogen) atoms. The second-order valence-corrected chi connectivity index (χ2v) is 8.38. The van der Waals surface area contributed by atoms with Crippen LogP contribution in [0.15, 0.2) is 54.6 Å². The highest BCUT2D eigenvalue weighted by molar-refractivity contribution is 5.32. The molecular formula is C25H31N3. The fourth-order valence-electron chi connectivity index (χ4n) is 5.08. The molecule has 146 valence electrons. The second-order valence-electron chi connectivity index (χ2n) is 8.38. The van der Waals surface area contributed by atoms with Crippen molar-refractivity contribution in [1.29, 1.82) is 5.26 Å². The van der Waals surface area contributed by atoms with Crippen LogP contribution in [-0.2, 0) is 6.54 Å². The number of nitrogens with zero attached hydrogens (tertiary/aromatic N) is 3. The first kappa shape index (κ1) is 19.2. The van der Waals surface area contributed by atoms with Gasteiger partial charge in [-0.2, -0.15) is 5.26 Å². The normalized spacial score (nSPS) is 20.5. The Morgan fingerprint density at radius 1 is 0.893 bits per heavy atom. The molecule has 2 aromatic rings. The number of benzene rings is 2. The van der Waals surface area contributed by atoms with Crippen LogP contribution in [-0.4, -0.2) is 36.0 Å². The minimum Gasteiger partial charge on any atom is -0.297 e. The van der Waals surface area contributed by atoms with Crippen molar-refractivity contribution < 1.29 is 0 Å². The van der Waals surface area contributed by atoms with Crippen molar-refractivity contribution in [3.8, 4) is 6.07 Å². The minimum atomic E-state index is 0.575. The molecule has 1 atom stereocenters. The monoisotopic (exact) mass is 373 g/mol. The summed E-state index contributed by atoms with van der Waals surface area (Å²) in [6.45, 7) is 5.42. The van der Waals surface area contributed by atoms with Gasteiger partial charge in [-0.05, 0) is 42.0 Å². The van der Waals surface area contributed by atoms with E-state index in [1.54, 1.807) is 0 Å². The van der Waals surface area contributed by atoms with E-state index in [1.807, 2.05) is 18.2 Å². The van der Waals surface area contributed by atoms with Crippen molar-refractivity contribution in [2.45, 2.75) is 44.7 Å². The molecular weight excluding hydrogens is 342 g/mol. The summed E-state index contributed by atoms with van der Waals surface area (Å²) in [6, 6.07) is 22.1. The van der Waals surface area contributed by atoms with Crippen molar-refractivity contribution in [3.05, 3.63) is 71.3 Å². The molecule has 1 unspecified atom stereocenters. The molecule has 0 spiro atoms. The largest absolute Gasteiger partial charge is 0.297 e. The highest BCUT2D eigenvalue weighted by Crippen LogP contribution is 2.38. The van der Waals surface area contributed by atoms with Gasteiger partial charge >= 0.3 is 0 Å². The zero-order chi connectivity index (χ0) is 19.2. The van der Waals surface area contributed by atoms with Crippen molar-refractivity contribution in [3.63, 3.8) is 0 Å². The summed E-state index contributed by atoms with van der Waals surface area (Å²) in [6.07, 6.45) is 6.95. The first-order chi connectivity index (χ1) is 13.8. The van der Waals surface area contributed by atoms with Gasteiger partial charge in [0.1, 0.15) is 0 Å². The van der Waals surface area contributed by atoms with Gasteiger partial charge in [-0.25, -0.2) is 0 Å². The van der Waals surface area contributed by atoms with Crippen LogP contribution < -0.4 is 0 Å². The SMILES string of the molecule is N#Cc1cccc(CN2CCN(C(c3ccccc3)C3CCCCC3)CC2)c1. The molecule has 3 heteroatoms. The van der Waals surface area contributed by atoms with Gasteiger partial charge in [-0.1, -0.05) is 61.7 Å². The summed E-state index contributed by atoms with van der Waals surface area (Å²) in [5, 5.41) is 9.13. The number of hydrogen-bond acceptors (Lipinski definition) is 3. The average molecular weight is 374 g/mol. The van der Waals surface area contributed by atoms with Gasteiger partial charge in [0, 0.05) is 38.8 Å². The Hall–Kier alpha value is -2.15. The lowest BCUT2D eigenvalue weighted by Crippen LogP contribution is -2.48. The van der Waals surface area contributed by atoms with Crippen molar-refractivity contribution in [2.75, 3.05) is 26.2 Å². The van der Waals surface area contributed by atoms with Gasteiger partial charge in [0.25, 0.3) is 0 Å². The summed E-state index contributed by atoms with van der Waals surface area (Å²) in [5.41, 5.74) is 3.52. The van der Waals surface area contributed by atoms with Gasteiger partial charge < -0.3 is 0 Å². The van der Waals surface area contributed by atoms with Crippen molar-refractivity contribution in [1.82, 2.24) is 9.80 Å². The Kier molecular flexibility index (Phi) is 6.41. The van der Waals surface area contributed by atoms with Gasteiger partial charge in [0.15, 0.2) is 0 Å². The van der Waals surface area contributed by atoms with Gasteiger partial charge in [0.2, 0.25) is 0 Å². The van der Waals surface area contributed by atoms with E-state index in [1.165, 1.54) is 43.2 Å². The summed E-state index contributed by atoms with van der Waals surface area (Å²) < 4.78 is 0. The Bertz CT molecular complexity index is 781. The predicted octanol–water partition coefficient (Wildman–Crippen LogP) is 5.00. The summed E-state index contributed by atoms with van der Waals surface area (Å²) in [5.74, 6) is 0.801. The number of hydrogen-bond donors (Lipinski definition) is 0. The van der Waals surface area contributed by atoms with Crippen LogP contribution in [0.3, 0.4) is 0 Å². The highest BCUT2D eigenvalue weighted by Gasteiger charge is 2.32. The molecule has 2 fully saturated rings. The van der Waals surface area contributed by atoms with Gasteiger partial charge in [-0.15, -0.1) is 0 Å². The predicted molar refractivity (Wildman–Crippen MR) is 114 cm³/mol. The lowest BCUT2D eigenvalue weighted by molar-refractivity contribution is 0.0547. The van der Waals surface area contributed by atoms with Crippen LogP contribution in [0.25, 0.3) is 0 Å². The quantitative estimate of drug-likeness (QED) is 0.739. The smallest absolute Gasteiger partial charge is 0.0991 e. The molecule has 2 aromatic carbocycles. The minimum absolute atomic E-state index is 0.575. The molecule has 3 nitrogen and oxygen atoms in total. The van der Waals surface area contributed by atoms with E-state index in [4.69, 9.17) is 5.26 Å². The van der Waals surface area contributed by atoms with Crippen LogP contribution in [0.5, 0.6) is 0 Å². The van der Waals surface area contributed by atoms with E-state index in [9.17, 15) is 0 Å². The van der Waals surface area contributed by atoms with E-state index in [2.05, 4.69) is 52.3 Å². The molecule has 1 aliphatic heterocycles. The lowest BCUT2D eigenvalue weighted by atomic mass is 9.80. The number of rotatable bonds is 5. The number of piperazine rings is 1. The highest BCUT2D eigenvalue weighted by atomic mass is 15.3. The molecule has 0 aromatic heterocycles. The third kappa shape index (κ3) is 4.63. The molecule has 4 rings (SSSR count). The molecule has 1 saturated heterocycles. The molecule has 1 heterocycles. The Morgan fingerprint density at radius 2 is 1.64 bits per heavy atom. The Balaban J connectivity index is 1.42. The zero-order valence-corrected chi connectivity index (χ0v) is 16.8. The molecule has 0 N–H and O–H groups in total. The zero-order valence-electron chi connectivity index (χ0n) is 16.8. The van der Waals surface area contributed by atoms with E-state index in [0.717, 1.165) is 44.2 Å². The summed E-state index contributed by atoms with van der Waals surface area (Å²) >= 11 is 0. The first-order valence-corrected chi connectivity index (χ1v) is 10.8. The molecule has 1 saturated carbocycles. The van der Waals surface area contributed by atoms with Crippen LogP contribution in [0.2, 0.25) is 0 Å². The second kappa shape index (κ2) is 9.37. The van der Waals surface area contributed by atoms with Crippen LogP contribution >= 0.6 is 0 Å². The molecule has 1 aliphatic carbocycles. The average Bonchev–Trinajstić information content (AvgIpc) is 2.77. The topological polar surface area (TPSA) is 30.3 Å². The lowest BCUT2D eigenvalue weighted by Gasteiger charge is -2.43. The van der Waals surface area contributed by atoms with E-state index >= 15 is 0 Å². The Labute approximate surface area is 169 Å². The number of nitriles is 1. The maximum Gasteiger partial charge on any atom is 0.0991 e. The van der Waals surface area contributed by atoms with Crippen LogP contribution in [0.4, 0.5) is 0 Å². The third-order valence-electron chi connectivity index (χ3n) is 6.50.